The van der Waals surface area contributed by atoms with Gasteiger partial charge in [-0.25, -0.2) is 9.18 Å². The minimum Gasteiger partial charge on any atom is -0.443 e. The van der Waals surface area contributed by atoms with Crippen LogP contribution in [0.25, 0.3) is 0 Å². The lowest BCUT2D eigenvalue weighted by atomic mass is 10.2. The predicted octanol–water partition coefficient (Wildman–Crippen LogP) is 1.52. The van der Waals surface area contributed by atoms with Crippen molar-refractivity contribution in [1.29, 1.82) is 0 Å². The van der Waals surface area contributed by atoms with Crippen LogP contribution >= 0.6 is 12.4 Å². The van der Waals surface area contributed by atoms with Gasteiger partial charge in [0.05, 0.1) is 19.8 Å². The van der Waals surface area contributed by atoms with E-state index in [0.29, 0.717) is 26.2 Å². The number of nitrogens with zero attached hydrogens (tertiary/aromatic N) is 2. The minimum absolute atomic E-state index is 0. The van der Waals surface area contributed by atoms with Crippen LogP contribution in [0, 0.1) is 0 Å². The fourth-order valence-corrected chi connectivity index (χ4v) is 2.54. The van der Waals surface area contributed by atoms with Gasteiger partial charge < -0.3 is 20.1 Å². The maximum atomic E-state index is 13.8. The molecule has 2 atom stereocenters. The van der Waals surface area contributed by atoms with Crippen molar-refractivity contribution in [2.75, 3.05) is 42.6 Å². The van der Waals surface area contributed by atoms with Gasteiger partial charge in [0.15, 0.2) is 6.30 Å². The lowest BCUT2D eigenvalue weighted by Gasteiger charge is -2.32. The summed E-state index contributed by atoms with van der Waals surface area (Å²) in [6.07, 6.45) is -1.80. The Bertz CT molecular complexity index is 517. The number of morpholine rings is 1. The highest BCUT2D eigenvalue weighted by atomic mass is 35.5. The number of ether oxygens (including phenoxy) is 2. The minimum atomic E-state index is -1.14. The Morgan fingerprint density at radius 3 is 2.55 bits per heavy atom. The summed E-state index contributed by atoms with van der Waals surface area (Å²) in [6, 6.07) is 7.18. The molecule has 2 N–H and O–H groups in total. The lowest BCUT2D eigenvalue weighted by molar-refractivity contribution is 0.0497. The highest BCUT2D eigenvalue weighted by Crippen LogP contribution is 2.26. The summed E-state index contributed by atoms with van der Waals surface area (Å²) in [5, 5.41) is 0. The average molecular weight is 332 g/mol. The van der Waals surface area contributed by atoms with Crippen LogP contribution in [0.4, 0.5) is 20.6 Å². The molecular weight excluding hydrogens is 313 g/mol. The van der Waals surface area contributed by atoms with Crippen molar-refractivity contribution in [3.63, 3.8) is 0 Å². The smallest absolute Gasteiger partial charge is 0.414 e. The quantitative estimate of drug-likeness (QED) is 0.851. The molecule has 0 radical (unpaired) electrons. The molecule has 0 saturated carbocycles. The van der Waals surface area contributed by atoms with Gasteiger partial charge in [-0.2, -0.15) is 0 Å². The highest BCUT2D eigenvalue weighted by molar-refractivity contribution is 5.90. The topological polar surface area (TPSA) is 68.0 Å². The van der Waals surface area contributed by atoms with E-state index in [2.05, 4.69) is 0 Å². The Kier molecular flexibility index (Phi) is 5.44. The number of alkyl halides is 1. The summed E-state index contributed by atoms with van der Waals surface area (Å²) in [6.45, 7) is 1.86. The van der Waals surface area contributed by atoms with Gasteiger partial charge >= 0.3 is 6.09 Å². The molecule has 8 heteroatoms. The molecule has 1 aromatic carbocycles. The van der Waals surface area contributed by atoms with Crippen molar-refractivity contribution in [1.82, 2.24) is 0 Å². The van der Waals surface area contributed by atoms with E-state index in [1.807, 2.05) is 0 Å². The Labute approximate surface area is 134 Å². The van der Waals surface area contributed by atoms with Crippen molar-refractivity contribution in [2.45, 2.75) is 12.4 Å². The fourth-order valence-electron chi connectivity index (χ4n) is 2.54. The third kappa shape index (κ3) is 3.26. The number of carbonyl (C=O) groups is 1. The van der Waals surface area contributed by atoms with E-state index in [-0.39, 0.29) is 25.1 Å². The van der Waals surface area contributed by atoms with Gasteiger partial charge in [0.2, 0.25) is 0 Å². The number of halogens is 2. The van der Waals surface area contributed by atoms with E-state index < -0.39 is 12.4 Å². The van der Waals surface area contributed by atoms with E-state index >= 15 is 0 Å². The van der Waals surface area contributed by atoms with Gasteiger partial charge in [-0.15, -0.1) is 12.4 Å². The van der Waals surface area contributed by atoms with Crippen LogP contribution in [0.1, 0.15) is 0 Å². The van der Waals surface area contributed by atoms with E-state index in [4.69, 9.17) is 15.2 Å². The molecule has 0 spiro atoms. The largest absolute Gasteiger partial charge is 0.443 e. The molecule has 22 heavy (non-hydrogen) atoms. The highest BCUT2D eigenvalue weighted by Gasteiger charge is 2.31. The zero-order chi connectivity index (χ0) is 14.8. The molecule has 1 amide bonds. The number of rotatable bonds is 3. The molecule has 0 aliphatic carbocycles. The number of nitrogens with two attached hydrogens (primary N) is 1. The van der Waals surface area contributed by atoms with Gasteiger partial charge in [0, 0.05) is 24.5 Å². The molecule has 2 aliphatic heterocycles. The Balaban J connectivity index is 0.00000176. The molecule has 2 aliphatic rings. The van der Waals surface area contributed by atoms with E-state index in [0.717, 1.165) is 11.4 Å². The van der Waals surface area contributed by atoms with Crippen LogP contribution in [0.15, 0.2) is 24.3 Å². The number of cyclic esters (lactones) is 1. The Morgan fingerprint density at radius 1 is 1.27 bits per heavy atom. The summed E-state index contributed by atoms with van der Waals surface area (Å²) in [5.74, 6) is 0. The molecule has 3 rings (SSSR count). The monoisotopic (exact) mass is 331 g/mol. The van der Waals surface area contributed by atoms with E-state index in [9.17, 15) is 9.18 Å². The van der Waals surface area contributed by atoms with Crippen LogP contribution in [0.5, 0.6) is 0 Å². The number of hydrogen-bond acceptors (Lipinski definition) is 5. The summed E-state index contributed by atoms with van der Waals surface area (Å²) in [7, 11) is 0. The fraction of sp³-hybridized carbons (Fsp3) is 0.500. The first kappa shape index (κ1) is 16.8. The van der Waals surface area contributed by atoms with Gasteiger partial charge in [0.1, 0.15) is 6.10 Å². The van der Waals surface area contributed by atoms with Gasteiger partial charge in [-0.05, 0) is 24.3 Å². The molecule has 2 heterocycles. The normalized spacial score (nSPS) is 24.9. The van der Waals surface area contributed by atoms with Crippen molar-refractivity contribution in [3.05, 3.63) is 24.3 Å². The number of benzene rings is 1. The number of anilines is 2. The van der Waals surface area contributed by atoms with E-state index in [1.54, 1.807) is 29.2 Å². The first-order valence-electron chi connectivity index (χ1n) is 6.96. The summed E-state index contributed by atoms with van der Waals surface area (Å²) < 4.78 is 24.0. The number of carbonyl (C=O) groups excluding carboxylic acids is 1. The Hall–Kier alpha value is -1.57. The SMILES string of the molecule is Cl.NC[C@H]1CN(c2ccc(N3CCOC[C@@H]3F)cc2)C(=O)O1. The second-order valence-electron chi connectivity index (χ2n) is 5.07. The van der Waals surface area contributed by atoms with E-state index in [1.165, 1.54) is 4.90 Å². The van der Waals surface area contributed by atoms with Gasteiger partial charge in [-0.3, -0.25) is 4.90 Å². The van der Waals surface area contributed by atoms with Crippen LogP contribution in [0.3, 0.4) is 0 Å². The van der Waals surface area contributed by atoms with Crippen molar-refractivity contribution < 1.29 is 18.7 Å². The maximum absolute atomic E-state index is 13.8. The number of hydrogen-bond donors (Lipinski definition) is 1. The van der Waals surface area contributed by atoms with Crippen molar-refractivity contribution in [2.24, 2.45) is 5.73 Å². The molecule has 122 valence electrons. The van der Waals surface area contributed by atoms with Gasteiger partial charge in [0.25, 0.3) is 0 Å². The first-order chi connectivity index (χ1) is 10.2. The predicted molar refractivity (Wildman–Crippen MR) is 83.4 cm³/mol. The second kappa shape index (κ2) is 7.13. The molecule has 1 aromatic rings. The first-order valence-corrected chi connectivity index (χ1v) is 6.96. The van der Waals surface area contributed by atoms with Crippen LogP contribution in [-0.2, 0) is 9.47 Å². The lowest BCUT2D eigenvalue weighted by Crippen LogP contribution is -2.42. The van der Waals surface area contributed by atoms with Crippen molar-refractivity contribution >= 4 is 29.9 Å². The standard InChI is InChI=1S/C14H18FN3O3.ClH/c15-13-9-20-6-5-17(13)10-1-3-11(4-2-10)18-8-12(7-16)21-14(18)19;/h1-4,12-13H,5-9,16H2;1H/t12-,13+;/m0./s1. The van der Waals surface area contributed by atoms with Crippen molar-refractivity contribution in [3.8, 4) is 0 Å². The molecule has 6 nitrogen and oxygen atoms in total. The third-order valence-corrected chi connectivity index (χ3v) is 3.70. The molecule has 0 aromatic heterocycles. The van der Waals surface area contributed by atoms with Crippen LogP contribution in [-0.4, -0.2) is 51.3 Å². The molecule has 0 unspecified atom stereocenters. The van der Waals surface area contributed by atoms with Gasteiger partial charge in [-0.1, -0.05) is 0 Å². The molecule has 0 bridgehead atoms. The average Bonchev–Trinajstić information content (AvgIpc) is 2.89. The third-order valence-electron chi connectivity index (χ3n) is 3.70. The maximum Gasteiger partial charge on any atom is 0.414 e. The summed E-state index contributed by atoms with van der Waals surface area (Å²) in [5.41, 5.74) is 7.01. The van der Waals surface area contributed by atoms with Crippen LogP contribution < -0.4 is 15.5 Å². The number of amides is 1. The molecule has 2 fully saturated rings. The second-order valence-corrected chi connectivity index (χ2v) is 5.07. The molecular formula is C14H19ClFN3O3. The Morgan fingerprint density at radius 2 is 1.95 bits per heavy atom. The molecule has 2 saturated heterocycles. The van der Waals surface area contributed by atoms with Crippen LogP contribution in [0.2, 0.25) is 0 Å². The zero-order valence-electron chi connectivity index (χ0n) is 12.0. The summed E-state index contributed by atoms with van der Waals surface area (Å²) in [4.78, 5) is 14.9. The summed E-state index contributed by atoms with van der Waals surface area (Å²) >= 11 is 0. The zero-order valence-corrected chi connectivity index (χ0v) is 12.8.